The topological polar surface area (TPSA) is 0 Å². The molecule has 0 amide bonds. The third-order valence-electron chi connectivity index (χ3n) is 2.12. The van der Waals surface area contributed by atoms with Gasteiger partial charge >= 0.3 is 0 Å². The molecule has 0 saturated carbocycles. The highest BCUT2D eigenvalue weighted by Gasteiger charge is 1.98. The largest absolute Gasteiger partial charge is 0.0629 e. The zero-order chi connectivity index (χ0) is 24.4. The summed E-state index contributed by atoms with van der Waals surface area (Å²) in [4.78, 5) is 0. The van der Waals surface area contributed by atoms with Crippen molar-refractivity contribution in [2.24, 2.45) is 0 Å². The average molecular weight is 244 g/mol. The maximum Gasteiger partial charge on any atom is 0.0629 e. The summed E-state index contributed by atoms with van der Waals surface area (Å²) in [5, 5.41) is 0. The van der Waals surface area contributed by atoms with Crippen molar-refractivity contribution in [2.45, 2.75) is 0 Å². The van der Waals surface area contributed by atoms with Crippen LogP contribution < -0.4 is 0 Å². The molecule has 0 fully saturated rings. The predicted molar refractivity (Wildman–Crippen MR) is 77.3 cm³/mol. The third kappa shape index (κ3) is 2.18. The summed E-state index contributed by atoms with van der Waals surface area (Å²) < 4.78 is 112. The van der Waals surface area contributed by atoms with E-state index in [1.807, 2.05) is 0 Å². The minimum atomic E-state index is -0.772. The minimum Gasteiger partial charge on any atom is -0.0622 e. The minimum absolute atomic E-state index is 0.527. The van der Waals surface area contributed by atoms with Crippen molar-refractivity contribution in [1.29, 1.82) is 0 Å². The van der Waals surface area contributed by atoms with Crippen LogP contribution in [0.4, 0.5) is 0 Å². The van der Waals surface area contributed by atoms with Gasteiger partial charge in [-0.05, 0) is 22.3 Å². The Morgan fingerprint density at radius 2 is 0.667 bits per heavy atom. The van der Waals surface area contributed by atoms with Crippen molar-refractivity contribution < 1.29 is 19.2 Å². The first kappa shape index (κ1) is 3.36. The van der Waals surface area contributed by atoms with E-state index in [1.54, 1.807) is 0 Å². The fourth-order valence-corrected chi connectivity index (χ4v) is 1.31. The molecule has 0 spiro atoms. The molecule has 0 heterocycles. The average Bonchev–Trinajstić information content (AvgIpc) is 2.76. The Balaban J connectivity index is 2.50. The highest BCUT2D eigenvalue weighted by molar-refractivity contribution is 5.70. The Morgan fingerprint density at radius 1 is 0.389 bits per heavy atom. The second kappa shape index (κ2) is 4.89. The number of hydrogen-bond donors (Lipinski definition) is 0. The molecule has 3 aromatic carbocycles. The van der Waals surface area contributed by atoms with E-state index in [2.05, 4.69) is 0 Å². The molecule has 3 aromatic rings. The molecule has 0 aliphatic carbocycles. The molecule has 0 N–H and O–H groups in total. The fraction of sp³-hybridized carbons (Fsp3) is 0. The maximum absolute atomic E-state index is 8.36. The molecule has 0 radical (unpaired) electrons. The Hall–Kier alpha value is -2.34. The van der Waals surface area contributed by atoms with E-state index in [4.69, 9.17) is 19.2 Å². The molecule has 0 aromatic heterocycles. The molecule has 86 valence electrons. The van der Waals surface area contributed by atoms with Crippen LogP contribution in [0.1, 0.15) is 19.2 Å². The molecule has 0 unspecified atom stereocenters. The van der Waals surface area contributed by atoms with Gasteiger partial charge in [-0.3, -0.25) is 0 Å². The van der Waals surface area contributed by atoms with Gasteiger partial charge in [-0.25, -0.2) is 0 Å². The van der Waals surface area contributed by atoms with E-state index >= 15 is 0 Å². The Bertz CT molecular complexity index is 1120. The Morgan fingerprint density at radius 3 is 1.00 bits per heavy atom. The van der Waals surface area contributed by atoms with E-state index < -0.39 is 107 Å². The fourth-order valence-electron chi connectivity index (χ4n) is 1.31. The standard InChI is InChI=1S/C18H14/c1-3-7-15(8-4-1)17-11-13-18(14-12-17)16-9-5-2-6-10-16/h1-14H/i1D,2D,3D,4D,5D,6D,7D,8D,9D,10D,11D,12D,13D,14D. The smallest absolute Gasteiger partial charge is 0.0622 e. The van der Waals surface area contributed by atoms with Crippen molar-refractivity contribution in [2.75, 3.05) is 0 Å². The zero-order valence-electron chi connectivity index (χ0n) is 23.0. The second-order valence-electron chi connectivity index (χ2n) is 3.25. The maximum atomic E-state index is 8.36. The van der Waals surface area contributed by atoms with Crippen LogP contribution in [0, 0.1) is 0 Å². The molecular weight excluding hydrogens is 216 g/mol. The number of hydrogen-bond acceptors (Lipinski definition) is 0. The van der Waals surface area contributed by atoms with Crippen LogP contribution >= 0.6 is 0 Å². The van der Waals surface area contributed by atoms with E-state index in [0.29, 0.717) is 0 Å². The normalized spacial score (nSPS) is 21.1. The van der Waals surface area contributed by atoms with Crippen LogP contribution in [0.2, 0.25) is 0 Å². The van der Waals surface area contributed by atoms with Gasteiger partial charge in [0, 0.05) is 0 Å². The van der Waals surface area contributed by atoms with Gasteiger partial charge in [-0.1, -0.05) is 84.6 Å². The number of rotatable bonds is 2. The van der Waals surface area contributed by atoms with Crippen LogP contribution in [-0.2, 0) is 0 Å². The molecule has 0 aliphatic heterocycles. The van der Waals surface area contributed by atoms with Crippen molar-refractivity contribution in [3.05, 3.63) is 84.6 Å². The lowest BCUT2D eigenvalue weighted by Crippen LogP contribution is -1.79. The van der Waals surface area contributed by atoms with Crippen LogP contribution in [0.25, 0.3) is 22.3 Å². The van der Waals surface area contributed by atoms with Crippen molar-refractivity contribution in [1.82, 2.24) is 0 Å². The summed E-state index contributed by atoms with van der Waals surface area (Å²) >= 11 is 0. The van der Waals surface area contributed by atoms with Crippen molar-refractivity contribution in [3.63, 3.8) is 0 Å². The molecule has 3 rings (SSSR count). The van der Waals surface area contributed by atoms with Crippen LogP contribution in [0.3, 0.4) is 0 Å². The van der Waals surface area contributed by atoms with Gasteiger partial charge in [0.05, 0.1) is 19.2 Å². The lowest BCUT2D eigenvalue weighted by molar-refractivity contribution is 1.59. The second-order valence-corrected chi connectivity index (χ2v) is 3.25. The van der Waals surface area contributed by atoms with Gasteiger partial charge in [0.15, 0.2) is 0 Å². The van der Waals surface area contributed by atoms with Gasteiger partial charge in [0.2, 0.25) is 0 Å². The molecule has 18 heavy (non-hydrogen) atoms. The molecule has 0 aliphatic rings. The highest BCUT2D eigenvalue weighted by Crippen LogP contribution is 2.24. The quantitative estimate of drug-likeness (QED) is 0.593. The van der Waals surface area contributed by atoms with E-state index in [1.165, 1.54) is 0 Å². The van der Waals surface area contributed by atoms with Crippen LogP contribution in [0.15, 0.2) is 84.6 Å². The summed E-state index contributed by atoms with van der Waals surface area (Å²) in [6, 6.07) is -10.2. The molecule has 0 heteroatoms. The summed E-state index contributed by atoms with van der Waals surface area (Å²) in [6.45, 7) is 0. The Labute approximate surface area is 127 Å². The van der Waals surface area contributed by atoms with Crippen molar-refractivity contribution in [3.8, 4) is 22.3 Å². The molecule has 0 atom stereocenters. The number of benzene rings is 3. The lowest BCUT2D eigenvalue weighted by atomic mass is 10.0. The van der Waals surface area contributed by atoms with Gasteiger partial charge < -0.3 is 0 Å². The first-order chi connectivity index (χ1) is 14.7. The van der Waals surface area contributed by atoms with E-state index in [9.17, 15) is 0 Å². The first-order valence-corrected chi connectivity index (χ1v) is 5.00. The molecular formula is C18H14. The summed E-state index contributed by atoms with van der Waals surface area (Å²) in [7, 11) is 0. The monoisotopic (exact) mass is 244 g/mol. The van der Waals surface area contributed by atoms with E-state index in [0.717, 1.165) is 0 Å². The summed E-state index contributed by atoms with van der Waals surface area (Å²) in [6.07, 6.45) is 0. The SMILES string of the molecule is [2H]c1c([2H])c([2H])c(-c2c([2H])c([2H])c(-c3c([2H])c([2H])c([2H])c([2H])c3[2H])c([2H])c2[2H])c([2H])c1[2H]. The van der Waals surface area contributed by atoms with Gasteiger partial charge in [0.25, 0.3) is 0 Å². The van der Waals surface area contributed by atoms with Gasteiger partial charge in [-0.2, -0.15) is 0 Å². The molecule has 0 saturated heterocycles. The van der Waals surface area contributed by atoms with Crippen molar-refractivity contribution >= 4 is 0 Å². The summed E-state index contributed by atoms with van der Waals surface area (Å²) in [5.41, 5.74) is -2.15. The van der Waals surface area contributed by atoms with Crippen LogP contribution in [-0.4, -0.2) is 0 Å². The Kier molecular flexibility index (Phi) is 0.912. The van der Waals surface area contributed by atoms with Gasteiger partial charge in [0.1, 0.15) is 0 Å². The molecule has 0 nitrogen and oxygen atoms in total. The van der Waals surface area contributed by atoms with E-state index in [-0.39, 0.29) is 0 Å². The van der Waals surface area contributed by atoms with Gasteiger partial charge in [-0.15, -0.1) is 0 Å². The van der Waals surface area contributed by atoms with Crippen LogP contribution in [0.5, 0.6) is 0 Å². The zero-order valence-corrected chi connectivity index (χ0v) is 9.00. The third-order valence-corrected chi connectivity index (χ3v) is 2.12. The highest BCUT2D eigenvalue weighted by atomic mass is 14.0. The summed E-state index contributed by atoms with van der Waals surface area (Å²) in [5.74, 6) is 0. The predicted octanol–water partition coefficient (Wildman–Crippen LogP) is 5.02. The molecule has 0 bridgehead atoms. The lowest BCUT2D eigenvalue weighted by Gasteiger charge is -2.04. The first-order valence-electron chi connectivity index (χ1n) is 12.0.